The molecule has 0 radical (unpaired) electrons. The van der Waals surface area contributed by atoms with Crippen LogP contribution in [0.5, 0.6) is 0 Å². The van der Waals surface area contributed by atoms with Crippen molar-refractivity contribution in [2.45, 2.75) is 19.8 Å². The van der Waals surface area contributed by atoms with Crippen LogP contribution in [-0.4, -0.2) is 23.4 Å². The Morgan fingerprint density at radius 3 is 2.55 bits per heavy atom. The van der Waals surface area contributed by atoms with Gasteiger partial charge in [-0.25, -0.2) is 0 Å². The summed E-state index contributed by atoms with van der Waals surface area (Å²) in [5, 5.41) is 0. The number of rotatable bonds is 2. The molecule has 4 heteroatoms. The highest BCUT2D eigenvalue weighted by Gasteiger charge is 2.36. The van der Waals surface area contributed by atoms with Gasteiger partial charge in [0.15, 0.2) is 0 Å². The number of hydrogen-bond donors (Lipinski definition) is 1. The molecule has 1 atom stereocenters. The van der Waals surface area contributed by atoms with E-state index in [9.17, 15) is 9.59 Å². The van der Waals surface area contributed by atoms with Crippen LogP contribution in [0.25, 0.3) is 0 Å². The summed E-state index contributed by atoms with van der Waals surface area (Å²) >= 11 is 0. The largest absolute Gasteiger partial charge is 0.313 e. The molecule has 0 aliphatic carbocycles. The number of nitrogens with two attached hydrogens (primary N) is 1. The highest BCUT2D eigenvalue weighted by molar-refractivity contribution is 6.03. The van der Waals surface area contributed by atoms with E-state index < -0.39 is 0 Å². The molecule has 2 amide bonds. The van der Waals surface area contributed by atoms with Crippen LogP contribution < -0.4 is 5.73 Å². The SMILES string of the molecule is CCC1CC(=O)N(CN)C1=O. The average Bonchev–Trinajstić information content (AvgIpc) is 2.26. The van der Waals surface area contributed by atoms with E-state index in [4.69, 9.17) is 5.73 Å². The third-order valence-electron chi connectivity index (χ3n) is 2.01. The fourth-order valence-corrected chi connectivity index (χ4v) is 1.26. The van der Waals surface area contributed by atoms with E-state index in [-0.39, 0.29) is 24.4 Å². The van der Waals surface area contributed by atoms with Gasteiger partial charge in [0.1, 0.15) is 0 Å². The standard InChI is InChI=1S/C7H12N2O2/c1-2-5-3-6(10)9(4-8)7(5)11/h5H,2-4,8H2,1H3. The molecule has 0 bridgehead atoms. The fraction of sp³-hybridized carbons (Fsp3) is 0.714. The van der Waals surface area contributed by atoms with Crippen molar-refractivity contribution in [3.8, 4) is 0 Å². The Morgan fingerprint density at radius 2 is 2.27 bits per heavy atom. The third kappa shape index (κ3) is 1.26. The number of likely N-dealkylation sites (tertiary alicyclic amines) is 1. The predicted molar refractivity (Wildman–Crippen MR) is 39.3 cm³/mol. The van der Waals surface area contributed by atoms with E-state index in [0.29, 0.717) is 6.42 Å². The zero-order chi connectivity index (χ0) is 8.43. The molecule has 1 heterocycles. The number of hydrogen-bond acceptors (Lipinski definition) is 3. The van der Waals surface area contributed by atoms with Gasteiger partial charge in [-0.15, -0.1) is 0 Å². The lowest BCUT2D eigenvalue weighted by Gasteiger charge is -2.10. The van der Waals surface area contributed by atoms with Gasteiger partial charge in [-0.2, -0.15) is 0 Å². The monoisotopic (exact) mass is 156 g/mol. The van der Waals surface area contributed by atoms with Crippen LogP contribution >= 0.6 is 0 Å². The molecular formula is C7H12N2O2. The van der Waals surface area contributed by atoms with Crippen molar-refractivity contribution in [1.82, 2.24) is 4.90 Å². The van der Waals surface area contributed by atoms with Crippen molar-refractivity contribution < 1.29 is 9.59 Å². The molecule has 4 nitrogen and oxygen atoms in total. The molecule has 1 aliphatic rings. The first kappa shape index (κ1) is 8.20. The Hall–Kier alpha value is -0.900. The number of nitrogens with zero attached hydrogens (tertiary/aromatic N) is 1. The summed E-state index contributed by atoms with van der Waals surface area (Å²) in [5.74, 6) is -0.365. The van der Waals surface area contributed by atoms with Crippen molar-refractivity contribution in [3.63, 3.8) is 0 Å². The Balaban J connectivity index is 2.71. The molecule has 2 N–H and O–H groups in total. The number of carbonyl (C=O) groups is 2. The van der Waals surface area contributed by atoms with Crippen LogP contribution in [0.2, 0.25) is 0 Å². The van der Waals surface area contributed by atoms with Gasteiger partial charge in [0, 0.05) is 12.3 Å². The molecule has 1 fully saturated rings. The summed E-state index contributed by atoms with van der Waals surface area (Å²) in [6.07, 6.45) is 1.06. The molecule has 0 aromatic carbocycles. The van der Waals surface area contributed by atoms with E-state index >= 15 is 0 Å². The lowest BCUT2D eigenvalue weighted by atomic mass is 10.1. The fourth-order valence-electron chi connectivity index (χ4n) is 1.26. The first-order valence-corrected chi connectivity index (χ1v) is 3.75. The van der Waals surface area contributed by atoms with Crippen LogP contribution in [0.4, 0.5) is 0 Å². The summed E-state index contributed by atoms with van der Waals surface area (Å²) in [4.78, 5) is 23.3. The van der Waals surface area contributed by atoms with Gasteiger partial charge in [-0.1, -0.05) is 6.92 Å². The summed E-state index contributed by atoms with van der Waals surface area (Å²) in [6.45, 7) is 1.92. The molecule has 1 rings (SSSR count). The van der Waals surface area contributed by atoms with E-state index in [0.717, 1.165) is 11.3 Å². The minimum Gasteiger partial charge on any atom is -0.313 e. The molecule has 1 unspecified atom stereocenters. The lowest BCUT2D eigenvalue weighted by Crippen LogP contribution is -2.35. The molecule has 62 valence electrons. The Labute approximate surface area is 65.3 Å². The molecule has 11 heavy (non-hydrogen) atoms. The van der Waals surface area contributed by atoms with Gasteiger partial charge in [0.2, 0.25) is 11.8 Å². The van der Waals surface area contributed by atoms with E-state index in [1.165, 1.54) is 0 Å². The summed E-state index contributed by atoms with van der Waals surface area (Å²) in [6, 6.07) is 0. The van der Waals surface area contributed by atoms with Crippen molar-refractivity contribution in [2.75, 3.05) is 6.67 Å². The number of imide groups is 1. The second-order valence-electron chi connectivity index (χ2n) is 2.65. The smallest absolute Gasteiger partial charge is 0.233 e. The van der Waals surface area contributed by atoms with Crippen LogP contribution in [0.3, 0.4) is 0 Å². The van der Waals surface area contributed by atoms with Gasteiger partial charge >= 0.3 is 0 Å². The van der Waals surface area contributed by atoms with Gasteiger partial charge < -0.3 is 5.73 Å². The van der Waals surface area contributed by atoms with Crippen molar-refractivity contribution in [3.05, 3.63) is 0 Å². The molecule has 1 aliphatic heterocycles. The van der Waals surface area contributed by atoms with Gasteiger partial charge in [-0.05, 0) is 6.42 Å². The zero-order valence-corrected chi connectivity index (χ0v) is 6.54. The van der Waals surface area contributed by atoms with Crippen molar-refractivity contribution in [2.24, 2.45) is 11.7 Å². The van der Waals surface area contributed by atoms with Crippen LogP contribution in [0, 0.1) is 5.92 Å². The Kier molecular flexibility index (Phi) is 2.24. The van der Waals surface area contributed by atoms with E-state index in [1.54, 1.807) is 0 Å². The molecule has 1 saturated heterocycles. The highest BCUT2D eigenvalue weighted by Crippen LogP contribution is 2.20. The summed E-state index contributed by atoms with van der Waals surface area (Å²) in [5.41, 5.74) is 5.22. The molecule has 0 saturated carbocycles. The van der Waals surface area contributed by atoms with Crippen LogP contribution in [-0.2, 0) is 9.59 Å². The first-order valence-electron chi connectivity index (χ1n) is 3.75. The third-order valence-corrected chi connectivity index (χ3v) is 2.01. The molecule has 0 spiro atoms. The second-order valence-corrected chi connectivity index (χ2v) is 2.65. The van der Waals surface area contributed by atoms with Crippen molar-refractivity contribution >= 4 is 11.8 Å². The normalized spacial score (nSPS) is 24.9. The summed E-state index contributed by atoms with van der Waals surface area (Å²) in [7, 11) is 0. The number of amides is 2. The minimum absolute atomic E-state index is 0.0220. The maximum Gasteiger partial charge on any atom is 0.233 e. The van der Waals surface area contributed by atoms with Crippen molar-refractivity contribution in [1.29, 1.82) is 0 Å². The highest BCUT2D eigenvalue weighted by atomic mass is 16.2. The van der Waals surface area contributed by atoms with E-state index in [2.05, 4.69) is 0 Å². The second kappa shape index (κ2) is 3.00. The Morgan fingerprint density at radius 1 is 1.64 bits per heavy atom. The lowest BCUT2D eigenvalue weighted by molar-refractivity contribution is -0.139. The maximum absolute atomic E-state index is 11.2. The maximum atomic E-state index is 11.2. The summed E-state index contributed by atoms with van der Waals surface area (Å²) < 4.78 is 0. The van der Waals surface area contributed by atoms with Crippen LogP contribution in [0.1, 0.15) is 19.8 Å². The van der Waals surface area contributed by atoms with Gasteiger partial charge in [0.25, 0.3) is 0 Å². The molecule has 0 aromatic heterocycles. The predicted octanol–water partition coefficient (Wildman–Crippen LogP) is -0.312. The van der Waals surface area contributed by atoms with Gasteiger partial charge in [-0.3, -0.25) is 14.5 Å². The first-order chi connectivity index (χ1) is 5.20. The molecule has 0 aromatic rings. The van der Waals surface area contributed by atoms with Gasteiger partial charge in [0.05, 0.1) is 6.67 Å². The van der Waals surface area contributed by atoms with E-state index in [1.807, 2.05) is 6.92 Å². The topological polar surface area (TPSA) is 63.4 Å². The quantitative estimate of drug-likeness (QED) is 0.558. The van der Waals surface area contributed by atoms with Crippen LogP contribution in [0.15, 0.2) is 0 Å². The minimum atomic E-state index is -0.135. The molecular weight excluding hydrogens is 144 g/mol. The zero-order valence-electron chi connectivity index (χ0n) is 6.54. The Bertz CT molecular complexity index is 191. The number of carbonyl (C=O) groups excluding carboxylic acids is 2. The average molecular weight is 156 g/mol.